The average molecular weight is 434 g/mol. The molecule has 0 aliphatic rings. The molecule has 0 bridgehead atoms. The Kier molecular flexibility index (Phi) is 6.49. The molecule has 0 aliphatic heterocycles. The summed E-state index contributed by atoms with van der Waals surface area (Å²) in [7, 11) is -3.77. The van der Waals surface area contributed by atoms with E-state index in [1.807, 2.05) is 13.8 Å². The minimum atomic E-state index is -3.77. The van der Waals surface area contributed by atoms with Gasteiger partial charge >= 0.3 is 0 Å². The Labute approximate surface area is 174 Å². The molecule has 0 saturated heterocycles. The van der Waals surface area contributed by atoms with Crippen LogP contribution in [-0.4, -0.2) is 41.3 Å². The minimum absolute atomic E-state index is 0.0129. The number of pyridine rings is 1. The normalized spacial score (nSPS) is 11.9. The topological polar surface area (TPSA) is 100 Å². The zero-order valence-corrected chi connectivity index (χ0v) is 17.8. The molecule has 0 radical (unpaired) electrons. The number of nitrogens with one attached hydrogen (secondary N) is 2. The summed E-state index contributed by atoms with van der Waals surface area (Å²) in [6.07, 6.45) is 1.33. The van der Waals surface area contributed by atoms with Gasteiger partial charge in [-0.3, -0.25) is 9.89 Å². The number of sulfonamides is 1. The molecule has 160 valence electrons. The Bertz CT molecular complexity index is 1180. The van der Waals surface area contributed by atoms with Crippen molar-refractivity contribution in [2.24, 2.45) is 0 Å². The van der Waals surface area contributed by atoms with Crippen LogP contribution in [0.4, 0.5) is 4.39 Å². The molecule has 0 unspecified atom stereocenters. The van der Waals surface area contributed by atoms with Crippen molar-refractivity contribution in [2.75, 3.05) is 13.1 Å². The summed E-state index contributed by atoms with van der Waals surface area (Å²) < 4.78 is 40.1. The highest BCUT2D eigenvalue weighted by Gasteiger charge is 2.19. The molecule has 3 aromatic rings. The van der Waals surface area contributed by atoms with E-state index in [1.54, 1.807) is 30.1 Å². The largest absolute Gasteiger partial charge is 0.294 e. The summed E-state index contributed by atoms with van der Waals surface area (Å²) >= 11 is 0. The molecule has 0 saturated carbocycles. The van der Waals surface area contributed by atoms with Crippen LogP contribution in [-0.2, 0) is 16.4 Å². The summed E-state index contributed by atoms with van der Waals surface area (Å²) in [5, 5.41) is 4.48. The fraction of sp³-hybridized carbons (Fsp3) is 0.300. The summed E-state index contributed by atoms with van der Waals surface area (Å²) in [4.78, 5) is 19.4. The second-order valence-electron chi connectivity index (χ2n) is 6.74. The number of nitrogens with zero attached hydrogens (tertiary/aromatic N) is 3. The van der Waals surface area contributed by atoms with Crippen LogP contribution in [0.1, 0.15) is 30.7 Å². The second-order valence-corrected chi connectivity index (χ2v) is 8.40. The van der Waals surface area contributed by atoms with Gasteiger partial charge in [-0.25, -0.2) is 27.5 Å². The zero-order valence-electron chi connectivity index (χ0n) is 17.0. The summed E-state index contributed by atoms with van der Waals surface area (Å²) in [6.45, 7) is 6.44. The number of hydrogen-bond donors (Lipinski definition) is 2. The number of aromatic amines is 1. The number of halogens is 1. The van der Waals surface area contributed by atoms with E-state index in [0.29, 0.717) is 29.9 Å². The van der Waals surface area contributed by atoms with Crippen molar-refractivity contribution in [3.05, 3.63) is 75.6 Å². The number of benzene rings is 1. The van der Waals surface area contributed by atoms with Crippen molar-refractivity contribution >= 4 is 10.0 Å². The third-order valence-corrected chi connectivity index (χ3v) is 6.15. The van der Waals surface area contributed by atoms with Gasteiger partial charge in [-0.1, -0.05) is 32.0 Å². The zero-order chi connectivity index (χ0) is 21.9. The average Bonchev–Trinajstić information content (AvgIpc) is 3.02. The van der Waals surface area contributed by atoms with Gasteiger partial charge in [-0.05, 0) is 30.7 Å². The molecule has 0 amide bonds. The van der Waals surface area contributed by atoms with Gasteiger partial charge < -0.3 is 0 Å². The lowest BCUT2D eigenvalue weighted by Gasteiger charge is -2.19. The number of rotatable bonds is 8. The van der Waals surface area contributed by atoms with Gasteiger partial charge in [-0.15, -0.1) is 4.83 Å². The third-order valence-electron chi connectivity index (χ3n) is 4.79. The van der Waals surface area contributed by atoms with E-state index in [-0.39, 0.29) is 28.5 Å². The molecule has 2 heterocycles. The van der Waals surface area contributed by atoms with Gasteiger partial charge in [0.25, 0.3) is 15.6 Å². The SMILES string of the molecule is CCN(CC)NS(=O)(=O)c1ccc(-n2[nH]c(C)c(Cc3ccccc3F)c2=O)nc1. The maximum Gasteiger partial charge on any atom is 0.276 e. The Balaban J connectivity index is 1.89. The van der Waals surface area contributed by atoms with Crippen LogP contribution >= 0.6 is 0 Å². The van der Waals surface area contributed by atoms with Crippen molar-refractivity contribution in [3.63, 3.8) is 0 Å². The highest BCUT2D eigenvalue weighted by Crippen LogP contribution is 2.15. The number of hydrazine groups is 1. The molecule has 8 nitrogen and oxygen atoms in total. The van der Waals surface area contributed by atoms with Crippen molar-refractivity contribution in [3.8, 4) is 5.82 Å². The molecule has 0 aliphatic carbocycles. The van der Waals surface area contributed by atoms with Crippen LogP contribution in [0.15, 0.2) is 52.3 Å². The summed E-state index contributed by atoms with van der Waals surface area (Å²) in [5.41, 5.74) is 1.06. The van der Waals surface area contributed by atoms with Gasteiger partial charge in [0.2, 0.25) is 0 Å². The fourth-order valence-corrected chi connectivity index (χ4v) is 4.16. The van der Waals surface area contributed by atoms with E-state index in [1.165, 1.54) is 29.1 Å². The molecule has 0 atom stereocenters. The van der Waals surface area contributed by atoms with Crippen LogP contribution in [0.2, 0.25) is 0 Å². The van der Waals surface area contributed by atoms with Crippen molar-refractivity contribution < 1.29 is 12.8 Å². The molecule has 2 N–H and O–H groups in total. The van der Waals surface area contributed by atoms with Crippen molar-refractivity contribution in [1.29, 1.82) is 0 Å². The van der Waals surface area contributed by atoms with E-state index < -0.39 is 10.0 Å². The Morgan fingerprint density at radius 3 is 2.47 bits per heavy atom. The Hall–Kier alpha value is -2.82. The molecular weight excluding hydrogens is 409 g/mol. The van der Waals surface area contributed by atoms with E-state index in [4.69, 9.17) is 0 Å². The first-order chi connectivity index (χ1) is 14.3. The van der Waals surface area contributed by atoms with E-state index >= 15 is 0 Å². The first-order valence-electron chi connectivity index (χ1n) is 9.54. The van der Waals surface area contributed by atoms with Gasteiger partial charge in [0.1, 0.15) is 10.7 Å². The maximum absolute atomic E-state index is 14.0. The predicted molar refractivity (Wildman–Crippen MR) is 111 cm³/mol. The molecule has 3 rings (SSSR count). The number of aryl methyl sites for hydroxylation is 1. The van der Waals surface area contributed by atoms with Crippen molar-refractivity contribution in [1.82, 2.24) is 24.6 Å². The second kappa shape index (κ2) is 8.90. The van der Waals surface area contributed by atoms with Crippen LogP contribution in [0.3, 0.4) is 0 Å². The summed E-state index contributed by atoms with van der Waals surface area (Å²) in [6, 6.07) is 9.12. The van der Waals surface area contributed by atoms with E-state index in [9.17, 15) is 17.6 Å². The molecule has 30 heavy (non-hydrogen) atoms. The molecule has 10 heteroatoms. The lowest BCUT2D eigenvalue weighted by atomic mass is 10.1. The quantitative estimate of drug-likeness (QED) is 0.530. The number of aromatic nitrogens is 3. The Morgan fingerprint density at radius 1 is 1.17 bits per heavy atom. The van der Waals surface area contributed by atoms with Gasteiger partial charge in [0.15, 0.2) is 5.82 Å². The molecular formula is C20H24FN5O3S. The lowest BCUT2D eigenvalue weighted by molar-refractivity contribution is 0.268. The highest BCUT2D eigenvalue weighted by molar-refractivity contribution is 7.89. The summed E-state index contributed by atoms with van der Waals surface area (Å²) in [5.74, 6) is -0.137. The van der Waals surface area contributed by atoms with Crippen LogP contribution < -0.4 is 10.4 Å². The third kappa shape index (κ3) is 4.50. The first-order valence-corrected chi connectivity index (χ1v) is 11.0. The van der Waals surface area contributed by atoms with Gasteiger partial charge in [0.05, 0.1) is 0 Å². The molecule has 0 fully saturated rings. The van der Waals surface area contributed by atoms with E-state index in [2.05, 4.69) is 14.9 Å². The van der Waals surface area contributed by atoms with Gasteiger partial charge in [0, 0.05) is 37.0 Å². The minimum Gasteiger partial charge on any atom is -0.294 e. The molecule has 1 aromatic carbocycles. The molecule has 2 aromatic heterocycles. The first kappa shape index (κ1) is 21.9. The number of H-pyrrole nitrogens is 1. The number of hydrogen-bond acceptors (Lipinski definition) is 5. The van der Waals surface area contributed by atoms with Crippen LogP contribution in [0.5, 0.6) is 0 Å². The molecule has 0 spiro atoms. The highest BCUT2D eigenvalue weighted by atomic mass is 32.2. The maximum atomic E-state index is 14.0. The standard InChI is InChI=1S/C20H24FN5O3S/c1-4-25(5-2)24-30(28,29)16-10-11-19(22-13-16)26-20(27)17(14(3)23-26)12-15-8-6-7-9-18(15)21/h6-11,13,23-24H,4-5,12H2,1-3H3. The monoisotopic (exact) mass is 433 g/mol. The lowest BCUT2D eigenvalue weighted by Crippen LogP contribution is -2.41. The van der Waals surface area contributed by atoms with E-state index in [0.717, 1.165) is 0 Å². The van der Waals surface area contributed by atoms with Crippen molar-refractivity contribution in [2.45, 2.75) is 32.1 Å². The Morgan fingerprint density at radius 2 is 1.87 bits per heavy atom. The fourth-order valence-electron chi connectivity index (χ4n) is 3.02. The predicted octanol–water partition coefficient (Wildman–Crippen LogP) is 2.13. The van der Waals surface area contributed by atoms with Gasteiger partial charge in [-0.2, -0.15) is 0 Å². The smallest absolute Gasteiger partial charge is 0.276 e. The van der Waals surface area contributed by atoms with Crippen LogP contribution in [0, 0.1) is 12.7 Å². The van der Waals surface area contributed by atoms with Crippen LogP contribution in [0.25, 0.3) is 5.82 Å².